The quantitative estimate of drug-likeness (QED) is 0.438. The van der Waals surface area contributed by atoms with E-state index in [0.29, 0.717) is 6.10 Å². The van der Waals surface area contributed by atoms with Crippen LogP contribution in [0.3, 0.4) is 0 Å². The number of alkyl halides is 1. The largest absolute Gasteiger partial charge is 0.377 e. The van der Waals surface area contributed by atoms with Gasteiger partial charge in [-0.3, -0.25) is 0 Å². The number of ether oxygens (including phenoxy) is 1. The van der Waals surface area contributed by atoms with Crippen molar-refractivity contribution in [1.29, 1.82) is 0 Å². The molecule has 1 aliphatic rings. The molecule has 0 spiro atoms. The van der Waals surface area contributed by atoms with Gasteiger partial charge in [0, 0.05) is 4.43 Å². The van der Waals surface area contributed by atoms with Gasteiger partial charge >= 0.3 is 0 Å². The van der Waals surface area contributed by atoms with Crippen LogP contribution in [0.15, 0.2) is 12.2 Å². The van der Waals surface area contributed by atoms with E-state index < -0.39 is 0 Å². The van der Waals surface area contributed by atoms with Gasteiger partial charge in [-0.2, -0.15) is 0 Å². The van der Waals surface area contributed by atoms with Gasteiger partial charge in [-0.25, -0.2) is 0 Å². The van der Waals surface area contributed by atoms with Gasteiger partial charge in [0.2, 0.25) is 0 Å². The predicted octanol–water partition coefficient (Wildman–Crippen LogP) is 3.33. The SMILES string of the molecule is ICCOC1CCC=CCCC1. The van der Waals surface area contributed by atoms with Gasteiger partial charge in [0.05, 0.1) is 12.7 Å². The highest BCUT2D eigenvalue weighted by Crippen LogP contribution is 2.15. The minimum Gasteiger partial charge on any atom is -0.377 e. The second kappa shape index (κ2) is 6.89. The fourth-order valence-corrected chi connectivity index (χ4v) is 1.76. The molecule has 1 nitrogen and oxygen atoms in total. The molecule has 12 heavy (non-hydrogen) atoms. The maximum absolute atomic E-state index is 5.73. The molecule has 0 aromatic rings. The molecule has 70 valence electrons. The molecule has 1 unspecified atom stereocenters. The molecular weight excluding hydrogens is 263 g/mol. The Morgan fingerprint density at radius 1 is 1.25 bits per heavy atom. The van der Waals surface area contributed by atoms with Crippen LogP contribution in [0, 0.1) is 0 Å². The predicted molar refractivity (Wildman–Crippen MR) is 60.9 cm³/mol. The monoisotopic (exact) mass is 280 g/mol. The molecule has 0 aliphatic heterocycles. The number of halogens is 1. The zero-order chi connectivity index (χ0) is 8.65. The van der Waals surface area contributed by atoms with Gasteiger partial charge in [0.25, 0.3) is 0 Å². The summed E-state index contributed by atoms with van der Waals surface area (Å²) in [5, 5.41) is 0. The first-order valence-corrected chi connectivity index (χ1v) is 6.28. The lowest BCUT2D eigenvalue weighted by Crippen LogP contribution is -2.14. The Hall–Kier alpha value is 0.430. The van der Waals surface area contributed by atoms with E-state index >= 15 is 0 Å². The van der Waals surface area contributed by atoms with Crippen molar-refractivity contribution >= 4 is 22.6 Å². The fraction of sp³-hybridized carbons (Fsp3) is 0.800. The lowest BCUT2D eigenvalue weighted by atomic mass is 10.0. The summed E-state index contributed by atoms with van der Waals surface area (Å²) < 4.78 is 6.84. The summed E-state index contributed by atoms with van der Waals surface area (Å²) in [4.78, 5) is 0. The third-order valence-electron chi connectivity index (χ3n) is 2.15. The van der Waals surface area contributed by atoms with Crippen molar-refractivity contribution < 1.29 is 4.74 Å². The summed E-state index contributed by atoms with van der Waals surface area (Å²) >= 11 is 2.36. The number of rotatable bonds is 3. The molecule has 0 radical (unpaired) electrons. The van der Waals surface area contributed by atoms with E-state index in [1.807, 2.05) is 0 Å². The second-order valence-corrected chi connectivity index (χ2v) is 4.24. The van der Waals surface area contributed by atoms with E-state index in [0.717, 1.165) is 11.0 Å². The highest BCUT2D eigenvalue weighted by Gasteiger charge is 2.08. The van der Waals surface area contributed by atoms with Crippen LogP contribution in [0.25, 0.3) is 0 Å². The van der Waals surface area contributed by atoms with E-state index in [-0.39, 0.29) is 0 Å². The Balaban J connectivity index is 2.18. The molecule has 1 atom stereocenters. The Kier molecular flexibility index (Phi) is 6.04. The fourth-order valence-electron chi connectivity index (χ4n) is 1.50. The van der Waals surface area contributed by atoms with E-state index in [2.05, 4.69) is 34.7 Å². The Labute approximate surface area is 88.7 Å². The van der Waals surface area contributed by atoms with Crippen LogP contribution in [0.1, 0.15) is 32.1 Å². The molecule has 0 amide bonds. The topological polar surface area (TPSA) is 9.23 Å². The molecule has 2 heteroatoms. The molecule has 0 N–H and O–H groups in total. The van der Waals surface area contributed by atoms with Crippen molar-refractivity contribution in [2.24, 2.45) is 0 Å². The summed E-state index contributed by atoms with van der Waals surface area (Å²) in [5.41, 5.74) is 0. The molecule has 0 heterocycles. The van der Waals surface area contributed by atoms with Crippen LogP contribution in [0.5, 0.6) is 0 Å². The van der Waals surface area contributed by atoms with Crippen LogP contribution < -0.4 is 0 Å². The lowest BCUT2D eigenvalue weighted by Gasteiger charge is -2.17. The lowest BCUT2D eigenvalue weighted by molar-refractivity contribution is 0.0524. The van der Waals surface area contributed by atoms with Crippen molar-refractivity contribution in [3.8, 4) is 0 Å². The third-order valence-corrected chi connectivity index (χ3v) is 2.59. The number of allylic oxidation sites excluding steroid dienone is 2. The maximum Gasteiger partial charge on any atom is 0.0578 e. The first kappa shape index (κ1) is 10.5. The number of hydrogen-bond acceptors (Lipinski definition) is 1. The first-order valence-electron chi connectivity index (χ1n) is 4.76. The average Bonchev–Trinajstić information content (AvgIpc) is 2.02. The van der Waals surface area contributed by atoms with Gasteiger partial charge in [-0.1, -0.05) is 34.7 Å². The molecule has 0 saturated carbocycles. The van der Waals surface area contributed by atoms with Gasteiger partial charge in [-0.15, -0.1) is 0 Å². The summed E-state index contributed by atoms with van der Waals surface area (Å²) in [6.45, 7) is 0.926. The molecule has 1 rings (SSSR count). The molecule has 0 saturated heterocycles. The van der Waals surface area contributed by atoms with Crippen molar-refractivity contribution in [3.05, 3.63) is 12.2 Å². The first-order chi connectivity index (χ1) is 5.93. The number of hydrogen-bond donors (Lipinski definition) is 0. The van der Waals surface area contributed by atoms with Crippen LogP contribution in [-0.2, 0) is 4.74 Å². The molecule has 0 aromatic carbocycles. The van der Waals surface area contributed by atoms with Gasteiger partial charge in [0.15, 0.2) is 0 Å². The van der Waals surface area contributed by atoms with E-state index in [9.17, 15) is 0 Å². The van der Waals surface area contributed by atoms with Gasteiger partial charge in [0.1, 0.15) is 0 Å². The Morgan fingerprint density at radius 2 is 2.08 bits per heavy atom. The van der Waals surface area contributed by atoms with Crippen LogP contribution in [0.2, 0.25) is 0 Å². The van der Waals surface area contributed by atoms with Crippen LogP contribution in [0.4, 0.5) is 0 Å². The van der Waals surface area contributed by atoms with Crippen LogP contribution >= 0.6 is 22.6 Å². The molecule has 0 aromatic heterocycles. The Morgan fingerprint density at radius 3 is 2.92 bits per heavy atom. The summed E-state index contributed by atoms with van der Waals surface area (Å²) in [7, 11) is 0. The molecular formula is C10H17IO. The Bertz CT molecular complexity index is 134. The summed E-state index contributed by atoms with van der Waals surface area (Å²) in [6.07, 6.45) is 11.3. The maximum atomic E-state index is 5.73. The molecule has 0 bridgehead atoms. The van der Waals surface area contributed by atoms with Crippen LogP contribution in [-0.4, -0.2) is 17.1 Å². The highest BCUT2D eigenvalue weighted by molar-refractivity contribution is 14.1. The molecule has 0 fully saturated rings. The highest BCUT2D eigenvalue weighted by atomic mass is 127. The van der Waals surface area contributed by atoms with Crippen molar-refractivity contribution in [3.63, 3.8) is 0 Å². The molecule has 1 aliphatic carbocycles. The van der Waals surface area contributed by atoms with Crippen molar-refractivity contribution in [2.45, 2.75) is 38.2 Å². The second-order valence-electron chi connectivity index (χ2n) is 3.16. The smallest absolute Gasteiger partial charge is 0.0578 e. The van der Waals surface area contributed by atoms with Gasteiger partial charge in [-0.05, 0) is 32.1 Å². The van der Waals surface area contributed by atoms with E-state index in [1.54, 1.807) is 0 Å². The minimum atomic E-state index is 0.532. The average molecular weight is 280 g/mol. The third kappa shape index (κ3) is 4.45. The zero-order valence-corrected chi connectivity index (χ0v) is 9.63. The van der Waals surface area contributed by atoms with Crippen molar-refractivity contribution in [1.82, 2.24) is 0 Å². The van der Waals surface area contributed by atoms with E-state index in [1.165, 1.54) is 32.1 Å². The summed E-state index contributed by atoms with van der Waals surface area (Å²) in [5.74, 6) is 0. The van der Waals surface area contributed by atoms with Crippen molar-refractivity contribution in [2.75, 3.05) is 11.0 Å². The summed E-state index contributed by atoms with van der Waals surface area (Å²) in [6, 6.07) is 0. The zero-order valence-electron chi connectivity index (χ0n) is 7.47. The normalized spacial score (nSPS) is 24.9. The van der Waals surface area contributed by atoms with E-state index in [4.69, 9.17) is 4.74 Å². The standard InChI is InChI=1S/C10H17IO/c11-8-9-12-10-6-4-2-1-3-5-7-10/h1-2,10H,3-9H2. The minimum absolute atomic E-state index is 0.532. The van der Waals surface area contributed by atoms with Gasteiger partial charge < -0.3 is 4.74 Å².